The van der Waals surface area contributed by atoms with Crippen molar-refractivity contribution in [3.63, 3.8) is 0 Å². The van der Waals surface area contributed by atoms with Crippen molar-refractivity contribution >= 4 is 23.4 Å². The van der Waals surface area contributed by atoms with E-state index in [1.54, 1.807) is 12.3 Å². The molecule has 3 N–H and O–H groups in total. The van der Waals surface area contributed by atoms with Crippen LogP contribution in [0.25, 0.3) is 11.4 Å². The lowest BCUT2D eigenvalue weighted by atomic mass is 10.0. The van der Waals surface area contributed by atoms with Gasteiger partial charge in [0, 0.05) is 5.69 Å². The number of hydrogen-bond acceptors (Lipinski definition) is 6. The topological polar surface area (TPSA) is 99.0 Å². The largest absolute Gasteiger partial charge is 0.469 e. The van der Waals surface area contributed by atoms with Crippen LogP contribution in [0.1, 0.15) is 38.0 Å². The lowest BCUT2D eigenvalue weighted by Gasteiger charge is -2.16. The van der Waals surface area contributed by atoms with Crippen LogP contribution >= 0.6 is 11.8 Å². The van der Waals surface area contributed by atoms with Gasteiger partial charge >= 0.3 is 0 Å². The Kier molecular flexibility index (Phi) is 5.55. The van der Waals surface area contributed by atoms with E-state index < -0.39 is 5.25 Å². The van der Waals surface area contributed by atoms with Crippen LogP contribution in [0.2, 0.25) is 0 Å². The van der Waals surface area contributed by atoms with Crippen molar-refractivity contribution in [2.24, 2.45) is 0 Å². The Labute approximate surface area is 162 Å². The van der Waals surface area contributed by atoms with Gasteiger partial charge in [0.1, 0.15) is 5.76 Å². The number of carbonyl (C=O) groups is 1. The summed E-state index contributed by atoms with van der Waals surface area (Å²) in [5.74, 6) is 7.54. The molecule has 1 aromatic carbocycles. The maximum atomic E-state index is 12.6. The summed E-state index contributed by atoms with van der Waals surface area (Å²) in [6, 6.07) is 9.61. The van der Waals surface area contributed by atoms with E-state index in [9.17, 15) is 4.79 Å². The third-order valence-electron chi connectivity index (χ3n) is 4.26. The molecule has 0 spiro atoms. The van der Waals surface area contributed by atoms with E-state index in [1.807, 2.05) is 38.1 Å². The minimum absolute atomic E-state index is 0.114. The highest BCUT2D eigenvalue weighted by Gasteiger charge is 2.22. The number of nitrogen functional groups attached to an aromatic ring is 1. The van der Waals surface area contributed by atoms with Gasteiger partial charge in [0.05, 0.1) is 17.1 Å². The van der Waals surface area contributed by atoms with Gasteiger partial charge in [-0.25, -0.2) is 4.68 Å². The summed E-state index contributed by atoms with van der Waals surface area (Å²) >= 11 is 1.26. The summed E-state index contributed by atoms with van der Waals surface area (Å²) in [4.78, 5) is 12.6. The Morgan fingerprint density at radius 1 is 1.22 bits per heavy atom. The smallest absolute Gasteiger partial charge is 0.237 e. The van der Waals surface area contributed by atoms with Gasteiger partial charge in [-0.1, -0.05) is 43.8 Å². The summed E-state index contributed by atoms with van der Waals surface area (Å²) in [5, 5.41) is 11.3. The van der Waals surface area contributed by atoms with Crippen molar-refractivity contribution in [2.75, 3.05) is 11.2 Å². The minimum atomic E-state index is -0.394. The standard InChI is InChI=1S/C19H23N5O2S/c1-11(2)14-7-5-6-8-16(14)21-18(25)13(4)27-19-23-22-17(24(19)20)15-9-10-26-12(15)3/h5-11,13H,20H2,1-4H3,(H,21,25). The fourth-order valence-corrected chi connectivity index (χ4v) is 3.49. The molecule has 0 aliphatic carbocycles. The summed E-state index contributed by atoms with van der Waals surface area (Å²) in [7, 11) is 0. The molecule has 142 valence electrons. The summed E-state index contributed by atoms with van der Waals surface area (Å²) < 4.78 is 6.68. The number of hydrogen-bond donors (Lipinski definition) is 2. The number of para-hydroxylation sites is 1. The molecular formula is C19H23N5O2S. The molecule has 0 aliphatic rings. The van der Waals surface area contributed by atoms with Crippen molar-refractivity contribution < 1.29 is 9.21 Å². The van der Waals surface area contributed by atoms with Crippen LogP contribution in [0.5, 0.6) is 0 Å². The van der Waals surface area contributed by atoms with Gasteiger partial charge in [-0.05, 0) is 37.5 Å². The zero-order chi connectivity index (χ0) is 19.6. The van der Waals surface area contributed by atoms with Crippen LogP contribution in [0.4, 0.5) is 5.69 Å². The molecule has 1 atom stereocenters. The first-order chi connectivity index (χ1) is 12.9. The number of nitrogens with two attached hydrogens (primary N) is 1. The molecule has 2 heterocycles. The molecule has 1 unspecified atom stereocenters. The number of aromatic nitrogens is 3. The van der Waals surface area contributed by atoms with Gasteiger partial charge < -0.3 is 15.6 Å². The van der Waals surface area contributed by atoms with Gasteiger partial charge in [0.15, 0.2) is 5.82 Å². The second-order valence-electron chi connectivity index (χ2n) is 6.56. The van der Waals surface area contributed by atoms with Gasteiger partial charge in [-0.15, -0.1) is 10.2 Å². The molecule has 2 aromatic heterocycles. The Hall–Kier alpha value is -2.74. The first-order valence-corrected chi connectivity index (χ1v) is 9.57. The molecule has 3 aromatic rings. The van der Waals surface area contributed by atoms with Crippen molar-refractivity contribution in [2.45, 2.75) is 44.0 Å². The molecule has 0 saturated heterocycles. The lowest BCUT2D eigenvalue weighted by molar-refractivity contribution is -0.115. The van der Waals surface area contributed by atoms with Crippen LogP contribution in [-0.2, 0) is 4.79 Å². The highest BCUT2D eigenvalue weighted by Crippen LogP contribution is 2.28. The molecule has 0 radical (unpaired) electrons. The van der Waals surface area contributed by atoms with E-state index in [0.717, 1.165) is 16.8 Å². The molecule has 0 fully saturated rings. The number of benzene rings is 1. The fraction of sp³-hybridized carbons (Fsp3) is 0.316. The first kappa shape index (κ1) is 19.0. The zero-order valence-electron chi connectivity index (χ0n) is 15.8. The number of carbonyl (C=O) groups excluding carboxylic acids is 1. The summed E-state index contributed by atoms with van der Waals surface area (Å²) in [6.07, 6.45) is 1.58. The normalized spacial score (nSPS) is 12.3. The molecule has 1 amide bonds. The Morgan fingerprint density at radius 3 is 2.63 bits per heavy atom. The Bertz CT molecular complexity index is 947. The van der Waals surface area contributed by atoms with E-state index in [-0.39, 0.29) is 5.91 Å². The maximum Gasteiger partial charge on any atom is 0.237 e. The van der Waals surface area contributed by atoms with Crippen LogP contribution in [0, 0.1) is 6.92 Å². The lowest BCUT2D eigenvalue weighted by Crippen LogP contribution is -2.24. The predicted molar refractivity (Wildman–Crippen MR) is 107 cm³/mol. The molecule has 7 nitrogen and oxygen atoms in total. The molecule has 0 bridgehead atoms. The predicted octanol–water partition coefficient (Wildman–Crippen LogP) is 3.80. The quantitative estimate of drug-likeness (QED) is 0.494. The minimum Gasteiger partial charge on any atom is -0.469 e. The third-order valence-corrected chi connectivity index (χ3v) is 5.31. The maximum absolute atomic E-state index is 12.6. The van der Waals surface area contributed by atoms with Crippen LogP contribution in [0.15, 0.2) is 46.2 Å². The van der Waals surface area contributed by atoms with Gasteiger partial charge in [-0.3, -0.25) is 4.79 Å². The molecule has 0 saturated carbocycles. The second-order valence-corrected chi connectivity index (χ2v) is 7.87. The monoisotopic (exact) mass is 385 g/mol. The zero-order valence-corrected chi connectivity index (χ0v) is 16.6. The molecule has 27 heavy (non-hydrogen) atoms. The fourth-order valence-electron chi connectivity index (χ4n) is 2.72. The molecule has 0 aliphatic heterocycles. The van der Waals surface area contributed by atoms with Gasteiger partial charge in [0.2, 0.25) is 11.1 Å². The highest BCUT2D eigenvalue weighted by molar-refractivity contribution is 8.00. The first-order valence-electron chi connectivity index (χ1n) is 8.70. The second kappa shape index (κ2) is 7.87. The third kappa shape index (κ3) is 4.00. The Morgan fingerprint density at radius 2 is 1.96 bits per heavy atom. The van der Waals surface area contributed by atoms with Crippen molar-refractivity contribution in [3.8, 4) is 11.4 Å². The van der Waals surface area contributed by atoms with Gasteiger partial charge in [-0.2, -0.15) is 0 Å². The van der Waals surface area contributed by atoms with E-state index >= 15 is 0 Å². The SMILES string of the molecule is Cc1occc1-c1nnc(SC(C)C(=O)Nc2ccccc2C(C)C)n1N. The number of nitrogens with one attached hydrogen (secondary N) is 1. The summed E-state index contributed by atoms with van der Waals surface area (Å²) in [6.45, 7) is 7.84. The average molecular weight is 385 g/mol. The Balaban J connectivity index is 1.73. The number of aryl methyl sites for hydroxylation is 1. The van der Waals surface area contributed by atoms with Crippen LogP contribution in [0.3, 0.4) is 0 Å². The number of nitrogens with zero attached hydrogens (tertiary/aromatic N) is 3. The number of thioether (sulfide) groups is 1. The van der Waals surface area contributed by atoms with Gasteiger partial charge in [0.25, 0.3) is 0 Å². The van der Waals surface area contributed by atoms with Crippen molar-refractivity contribution in [1.29, 1.82) is 0 Å². The average Bonchev–Trinajstić information content (AvgIpc) is 3.21. The van der Waals surface area contributed by atoms with Crippen LogP contribution < -0.4 is 11.2 Å². The van der Waals surface area contributed by atoms with E-state index in [1.165, 1.54) is 16.4 Å². The number of anilines is 1. The van der Waals surface area contributed by atoms with E-state index in [0.29, 0.717) is 22.7 Å². The number of amides is 1. The highest BCUT2D eigenvalue weighted by atomic mass is 32.2. The number of furan rings is 1. The molecule has 8 heteroatoms. The van der Waals surface area contributed by atoms with Crippen molar-refractivity contribution in [1.82, 2.24) is 14.9 Å². The van der Waals surface area contributed by atoms with E-state index in [2.05, 4.69) is 29.4 Å². The van der Waals surface area contributed by atoms with Crippen molar-refractivity contribution in [3.05, 3.63) is 47.9 Å². The van der Waals surface area contributed by atoms with E-state index in [4.69, 9.17) is 10.3 Å². The van der Waals surface area contributed by atoms with Crippen LogP contribution in [-0.4, -0.2) is 26.0 Å². The molecular weight excluding hydrogens is 362 g/mol. The summed E-state index contributed by atoms with van der Waals surface area (Å²) in [5.41, 5.74) is 2.71. The molecule has 3 rings (SSSR count). The number of rotatable bonds is 6.